The van der Waals surface area contributed by atoms with E-state index in [1.165, 1.54) is 11.3 Å². The van der Waals surface area contributed by atoms with Crippen molar-refractivity contribution in [3.05, 3.63) is 59.4 Å². The highest BCUT2D eigenvalue weighted by Gasteiger charge is 2.39. The van der Waals surface area contributed by atoms with Crippen LogP contribution in [-0.2, 0) is 22.7 Å². The van der Waals surface area contributed by atoms with Gasteiger partial charge in [0.15, 0.2) is 0 Å². The van der Waals surface area contributed by atoms with Gasteiger partial charge in [-0.05, 0) is 31.5 Å². The number of aromatic nitrogens is 1. The van der Waals surface area contributed by atoms with Crippen molar-refractivity contribution in [1.82, 2.24) is 14.4 Å². The van der Waals surface area contributed by atoms with E-state index in [1.807, 2.05) is 15.9 Å². The summed E-state index contributed by atoms with van der Waals surface area (Å²) in [6.45, 7) is 6.77. The zero-order chi connectivity index (χ0) is 18.3. The summed E-state index contributed by atoms with van der Waals surface area (Å²) in [5, 5.41) is 0. The van der Waals surface area contributed by atoms with E-state index in [-0.39, 0.29) is 23.8 Å². The highest BCUT2D eigenvalue weighted by Crippen LogP contribution is 2.30. The Hall–Kier alpha value is -2.56. The molecule has 0 aliphatic carbocycles. The van der Waals surface area contributed by atoms with Gasteiger partial charge in [-0.3, -0.25) is 9.59 Å². The molecule has 1 saturated heterocycles. The summed E-state index contributed by atoms with van der Waals surface area (Å²) in [5.74, 6) is -0.0291. The van der Waals surface area contributed by atoms with Gasteiger partial charge in [0.05, 0.1) is 12.0 Å². The summed E-state index contributed by atoms with van der Waals surface area (Å²) in [5.41, 5.74) is 3.49. The molecule has 0 bridgehead atoms. The standard InChI is InChI=1S/C21H25N3O2/c1-15-5-7-17(8-6-15)13-23-14-18(12-20(23)25)21(26)24-11-10-22-9-3-4-19(22)16(24)2/h3-9,16,18H,10-14H2,1-2H3. The molecule has 1 aromatic heterocycles. The minimum atomic E-state index is -0.225. The molecule has 0 spiro atoms. The number of rotatable bonds is 3. The lowest BCUT2D eigenvalue weighted by Crippen LogP contribution is -2.44. The van der Waals surface area contributed by atoms with Gasteiger partial charge in [0, 0.05) is 44.5 Å². The molecule has 5 nitrogen and oxygen atoms in total. The van der Waals surface area contributed by atoms with Gasteiger partial charge in [-0.1, -0.05) is 29.8 Å². The van der Waals surface area contributed by atoms with Gasteiger partial charge in [0.2, 0.25) is 11.8 Å². The summed E-state index contributed by atoms with van der Waals surface area (Å²) < 4.78 is 2.21. The number of benzene rings is 1. The predicted molar refractivity (Wildman–Crippen MR) is 99.3 cm³/mol. The second-order valence-corrected chi connectivity index (χ2v) is 7.49. The maximum absolute atomic E-state index is 13.1. The van der Waals surface area contributed by atoms with E-state index in [1.54, 1.807) is 0 Å². The van der Waals surface area contributed by atoms with Crippen molar-refractivity contribution < 1.29 is 9.59 Å². The second-order valence-electron chi connectivity index (χ2n) is 7.49. The topological polar surface area (TPSA) is 45.6 Å². The lowest BCUT2D eigenvalue weighted by Gasteiger charge is -2.36. The van der Waals surface area contributed by atoms with E-state index < -0.39 is 0 Å². The molecular formula is C21H25N3O2. The maximum Gasteiger partial charge on any atom is 0.228 e. The molecule has 1 aromatic carbocycles. The minimum Gasteiger partial charge on any atom is -0.348 e. The molecule has 136 valence electrons. The molecule has 0 saturated carbocycles. The summed E-state index contributed by atoms with van der Waals surface area (Å²) in [6.07, 6.45) is 2.39. The van der Waals surface area contributed by atoms with Crippen LogP contribution in [0.4, 0.5) is 0 Å². The molecule has 0 N–H and O–H groups in total. The molecule has 26 heavy (non-hydrogen) atoms. The number of nitrogens with zero attached hydrogens (tertiary/aromatic N) is 3. The summed E-state index contributed by atoms with van der Waals surface area (Å²) >= 11 is 0. The summed E-state index contributed by atoms with van der Waals surface area (Å²) in [7, 11) is 0. The first-order valence-corrected chi connectivity index (χ1v) is 9.32. The van der Waals surface area contributed by atoms with Gasteiger partial charge in [0.25, 0.3) is 0 Å². The molecule has 2 amide bonds. The molecule has 1 fully saturated rings. The van der Waals surface area contributed by atoms with Crippen LogP contribution in [0, 0.1) is 12.8 Å². The molecule has 2 atom stereocenters. The second kappa shape index (κ2) is 6.63. The van der Waals surface area contributed by atoms with Crippen molar-refractivity contribution >= 4 is 11.8 Å². The Morgan fingerprint density at radius 2 is 1.92 bits per heavy atom. The van der Waals surface area contributed by atoms with Gasteiger partial charge in [-0.15, -0.1) is 0 Å². The van der Waals surface area contributed by atoms with Gasteiger partial charge >= 0.3 is 0 Å². The molecule has 0 radical (unpaired) electrons. The molecule has 4 rings (SSSR count). The Morgan fingerprint density at radius 3 is 2.69 bits per heavy atom. The lowest BCUT2D eigenvalue weighted by atomic mass is 10.0. The lowest BCUT2D eigenvalue weighted by molar-refractivity contribution is -0.139. The van der Waals surface area contributed by atoms with Crippen molar-refractivity contribution in [3.63, 3.8) is 0 Å². The number of likely N-dealkylation sites (tertiary alicyclic amines) is 1. The Morgan fingerprint density at radius 1 is 1.15 bits per heavy atom. The average molecular weight is 351 g/mol. The van der Waals surface area contributed by atoms with Crippen LogP contribution in [0.5, 0.6) is 0 Å². The zero-order valence-corrected chi connectivity index (χ0v) is 15.4. The fraction of sp³-hybridized carbons (Fsp3) is 0.429. The number of aryl methyl sites for hydroxylation is 1. The van der Waals surface area contributed by atoms with E-state index in [2.05, 4.69) is 54.9 Å². The van der Waals surface area contributed by atoms with E-state index in [9.17, 15) is 9.59 Å². The Bertz CT molecular complexity index is 824. The van der Waals surface area contributed by atoms with Crippen molar-refractivity contribution in [2.24, 2.45) is 5.92 Å². The Kier molecular flexibility index (Phi) is 4.31. The molecular weight excluding hydrogens is 326 g/mol. The van der Waals surface area contributed by atoms with Crippen LogP contribution in [0.15, 0.2) is 42.6 Å². The molecule has 2 aromatic rings. The number of carbonyl (C=O) groups is 2. The van der Waals surface area contributed by atoms with Crippen molar-refractivity contribution in [2.75, 3.05) is 13.1 Å². The predicted octanol–water partition coefficient (Wildman–Crippen LogP) is 2.75. The number of hydrogen-bond acceptors (Lipinski definition) is 2. The Balaban J connectivity index is 1.43. The highest BCUT2D eigenvalue weighted by atomic mass is 16.2. The Labute approximate surface area is 154 Å². The van der Waals surface area contributed by atoms with Crippen LogP contribution in [0.2, 0.25) is 0 Å². The van der Waals surface area contributed by atoms with E-state index in [4.69, 9.17) is 0 Å². The maximum atomic E-state index is 13.1. The van der Waals surface area contributed by atoms with E-state index in [0.717, 1.165) is 12.1 Å². The molecule has 3 heterocycles. The van der Waals surface area contributed by atoms with Crippen molar-refractivity contribution in [2.45, 2.75) is 39.4 Å². The molecule has 2 aliphatic heterocycles. The highest BCUT2D eigenvalue weighted by molar-refractivity contribution is 5.89. The number of hydrogen-bond donors (Lipinski definition) is 0. The number of amides is 2. The molecule has 2 unspecified atom stereocenters. The third-order valence-corrected chi connectivity index (χ3v) is 5.68. The zero-order valence-electron chi connectivity index (χ0n) is 15.4. The third-order valence-electron chi connectivity index (χ3n) is 5.68. The molecule has 5 heteroatoms. The van der Waals surface area contributed by atoms with Crippen LogP contribution >= 0.6 is 0 Å². The van der Waals surface area contributed by atoms with E-state index in [0.29, 0.717) is 26.1 Å². The minimum absolute atomic E-state index is 0.0625. The number of carbonyl (C=O) groups excluding carboxylic acids is 2. The first-order valence-electron chi connectivity index (χ1n) is 9.32. The quantitative estimate of drug-likeness (QED) is 0.854. The van der Waals surface area contributed by atoms with Crippen LogP contribution in [-0.4, -0.2) is 39.3 Å². The monoisotopic (exact) mass is 351 g/mol. The van der Waals surface area contributed by atoms with Crippen molar-refractivity contribution in [3.8, 4) is 0 Å². The first kappa shape index (κ1) is 16.9. The smallest absolute Gasteiger partial charge is 0.228 e. The van der Waals surface area contributed by atoms with Gasteiger partial charge in [-0.25, -0.2) is 0 Å². The average Bonchev–Trinajstić information content (AvgIpc) is 3.24. The third kappa shape index (κ3) is 3.02. The normalized spacial score (nSPS) is 22.6. The van der Waals surface area contributed by atoms with Crippen LogP contribution in [0.1, 0.15) is 36.2 Å². The fourth-order valence-electron chi connectivity index (χ4n) is 4.12. The summed E-state index contributed by atoms with van der Waals surface area (Å²) in [4.78, 5) is 29.3. The van der Waals surface area contributed by atoms with E-state index >= 15 is 0 Å². The van der Waals surface area contributed by atoms with Crippen LogP contribution < -0.4 is 0 Å². The summed E-state index contributed by atoms with van der Waals surface area (Å²) in [6, 6.07) is 12.4. The van der Waals surface area contributed by atoms with Gasteiger partial charge in [-0.2, -0.15) is 0 Å². The molecule has 2 aliphatic rings. The largest absolute Gasteiger partial charge is 0.348 e. The van der Waals surface area contributed by atoms with Crippen LogP contribution in [0.25, 0.3) is 0 Å². The number of fused-ring (bicyclic) bond motifs is 1. The first-order chi connectivity index (χ1) is 12.5. The SMILES string of the molecule is Cc1ccc(CN2CC(C(=O)N3CCn4cccc4C3C)CC2=O)cc1. The van der Waals surface area contributed by atoms with Gasteiger partial charge in [0.1, 0.15) is 0 Å². The fourth-order valence-corrected chi connectivity index (χ4v) is 4.12. The van der Waals surface area contributed by atoms with Crippen LogP contribution in [0.3, 0.4) is 0 Å². The van der Waals surface area contributed by atoms with Gasteiger partial charge < -0.3 is 14.4 Å². The van der Waals surface area contributed by atoms with Crippen molar-refractivity contribution in [1.29, 1.82) is 0 Å².